The Morgan fingerprint density at radius 2 is 1.86 bits per heavy atom. The first-order valence-electron chi connectivity index (χ1n) is 8.59. The Balaban J connectivity index is 1.80. The molecule has 2 heterocycles. The molecule has 4 rings (SSSR count). The second-order valence-corrected chi connectivity index (χ2v) is 6.89. The number of nitrogens with zero attached hydrogens (tertiary/aromatic N) is 4. The molecular formula is C19H17N5O4S. The van der Waals surface area contributed by atoms with Crippen molar-refractivity contribution in [1.29, 1.82) is 0 Å². The Labute approximate surface area is 168 Å². The minimum atomic E-state index is -2.16. The van der Waals surface area contributed by atoms with E-state index in [1.54, 1.807) is 37.4 Å². The van der Waals surface area contributed by atoms with Crippen LogP contribution >= 0.6 is 0 Å². The van der Waals surface area contributed by atoms with E-state index >= 15 is 0 Å². The molecule has 0 saturated heterocycles. The molecule has 10 heteroatoms. The van der Waals surface area contributed by atoms with Gasteiger partial charge < -0.3 is 4.74 Å². The van der Waals surface area contributed by atoms with Gasteiger partial charge in [-0.2, -0.15) is 0 Å². The molecule has 0 amide bonds. The van der Waals surface area contributed by atoms with Gasteiger partial charge in [0.1, 0.15) is 11.4 Å². The number of ether oxygens (including phenoxy) is 1. The fraction of sp³-hybridized carbons (Fsp3) is 0.105. The van der Waals surface area contributed by atoms with Crippen molar-refractivity contribution in [3.8, 4) is 28.4 Å². The predicted octanol–water partition coefficient (Wildman–Crippen LogP) is 3.08. The van der Waals surface area contributed by atoms with E-state index in [1.807, 2.05) is 24.3 Å². The smallest absolute Gasteiger partial charge is 0.259 e. The molecule has 0 bridgehead atoms. The molecule has 1 unspecified atom stereocenters. The van der Waals surface area contributed by atoms with Gasteiger partial charge in [0.05, 0.1) is 7.11 Å². The Morgan fingerprint density at radius 3 is 2.52 bits per heavy atom. The van der Waals surface area contributed by atoms with E-state index in [-0.39, 0.29) is 5.91 Å². The molecule has 4 aromatic rings. The molecule has 148 valence electrons. The van der Waals surface area contributed by atoms with E-state index in [4.69, 9.17) is 9.29 Å². The molecule has 0 aliphatic carbocycles. The van der Waals surface area contributed by atoms with Crippen LogP contribution in [0.4, 0.5) is 5.69 Å². The Bertz CT molecular complexity index is 1230. The molecule has 0 saturated carbocycles. The van der Waals surface area contributed by atoms with Gasteiger partial charge in [-0.25, -0.2) is 8.78 Å². The molecule has 2 N–H and O–H groups in total. The first kappa shape index (κ1) is 18.8. The lowest BCUT2D eigenvalue weighted by Gasteiger charge is -2.06. The van der Waals surface area contributed by atoms with Crippen molar-refractivity contribution < 1.29 is 18.3 Å². The lowest BCUT2D eigenvalue weighted by molar-refractivity contribution is 0.0942. The number of benzene rings is 2. The van der Waals surface area contributed by atoms with Crippen LogP contribution in [0.5, 0.6) is 5.75 Å². The Kier molecular flexibility index (Phi) is 4.87. The molecule has 0 radical (unpaired) electrons. The van der Waals surface area contributed by atoms with Gasteiger partial charge in [0.15, 0.2) is 11.5 Å². The number of aromatic nitrogens is 4. The number of nitrogens with one attached hydrogen (secondary N) is 1. The Hall–Kier alpha value is -3.50. The summed E-state index contributed by atoms with van der Waals surface area (Å²) >= 11 is -2.16. The molecule has 9 nitrogen and oxygen atoms in total. The van der Waals surface area contributed by atoms with E-state index < -0.39 is 11.3 Å². The number of carbonyl (C=O) groups excluding carboxylic acids is 1. The zero-order valence-electron chi connectivity index (χ0n) is 15.6. The number of hydrogen-bond acceptors (Lipinski definition) is 5. The Morgan fingerprint density at radius 1 is 1.14 bits per heavy atom. The van der Waals surface area contributed by atoms with Crippen LogP contribution in [-0.2, 0) is 11.3 Å². The molecule has 29 heavy (non-hydrogen) atoms. The molecule has 0 aliphatic rings. The number of rotatable bonds is 5. The third-order valence-corrected chi connectivity index (χ3v) is 4.76. The normalized spacial score (nSPS) is 12.1. The number of hydrogen-bond donors (Lipinski definition) is 2. The SMILES string of the molecule is COc1ccccc1-c1cc2n(C(C)=O)c(-c3ccc(NS(=O)O)cc3)nn2n1. The van der Waals surface area contributed by atoms with Crippen LogP contribution in [-0.4, -0.2) is 41.2 Å². The topological polar surface area (TPSA) is 111 Å². The molecule has 2 aromatic heterocycles. The molecule has 0 aliphatic heterocycles. The third kappa shape index (κ3) is 3.50. The quantitative estimate of drug-likeness (QED) is 0.488. The maximum atomic E-state index is 12.4. The van der Waals surface area contributed by atoms with Gasteiger partial charge in [0, 0.05) is 29.8 Å². The van der Waals surface area contributed by atoms with Crippen molar-refractivity contribution in [2.45, 2.75) is 6.92 Å². The fourth-order valence-electron chi connectivity index (χ4n) is 3.11. The maximum absolute atomic E-state index is 12.4. The molecule has 1 atom stereocenters. The predicted molar refractivity (Wildman–Crippen MR) is 109 cm³/mol. The zero-order chi connectivity index (χ0) is 20.5. The van der Waals surface area contributed by atoms with Crippen molar-refractivity contribution in [3.63, 3.8) is 0 Å². The van der Waals surface area contributed by atoms with Crippen LogP contribution in [0.3, 0.4) is 0 Å². The number of anilines is 1. The van der Waals surface area contributed by atoms with Crippen LogP contribution in [0.2, 0.25) is 0 Å². The van der Waals surface area contributed by atoms with Crippen molar-refractivity contribution >= 4 is 28.5 Å². The molecular weight excluding hydrogens is 394 g/mol. The highest BCUT2D eigenvalue weighted by Crippen LogP contribution is 2.30. The highest BCUT2D eigenvalue weighted by atomic mass is 32.2. The summed E-state index contributed by atoms with van der Waals surface area (Å²) in [6.07, 6.45) is 0. The summed E-state index contributed by atoms with van der Waals surface area (Å²) in [4.78, 5) is 12.4. The number of para-hydroxylation sites is 1. The average molecular weight is 411 g/mol. The van der Waals surface area contributed by atoms with Gasteiger partial charge in [-0.1, -0.05) is 12.1 Å². The lowest BCUT2D eigenvalue weighted by Crippen LogP contribution is -2.07. The van der Waals surface area contributed by atoms with Gasteiger partial charge >= 0.3 is 0 Å². The van der Waals surface area contributed by atoms with Gasteiger partial charge in [-0.15, -0.1) is 14.8 Å². The molecule has 0 fully saturated rings. The third-order valence-electron chi connectivity index (χ3n) is 4.35. The first-order valence-corrected chi connectivity index (χ1v) is 9.69. The maximum Gasteiger partial charge on any atom is 0.259 e. The summed E-state index contributed by atoms with van der Waals surface area (Å²) in [5.41, 5.74) is 3.09. The summed E-state index contributed by atoms with van der Waals surface area (Å²) in [5, 5.41) is 8.98. The van der Waals surface area contributed by atoms with Gasteiger partial charge in [0.25, 0.3) is 11.3 Å². The number of methoxy groups -OCH3 is 1. The second kappa shape index (κ2) is 7.49. The summed E-state index contributed by atoms with van der Waals surface area (Å²) in [5.74, 6) is 0.878. The van der Waals surface area contributed by atoms with Gasteiger partial charge in [-0.05, 0) is 36.4 Å². The van der Waals surface area contributed by atoms with Gasteiger partial charge in [-0.3, -0.25) is 14.1 Å². The number of fused-ring (bicyclic) bond motifs is 1. The highest BCUT2D eigenvalue weighted by molar-refractivity contribution is 7.80. The molecule has 2 aromatic carbocycles. The number of carbonyl (C=O) groups is 1. The van der Waals surface area contributed by atoms with E-state index in [0.717, 1.165) is 5.56 Å². The summed E-state index contributed by atoms with van der Waals surface area (Å²) in [6, 6.07) is 15.9. The first-order chi connectivity index (χ1) is 14.0. The van der Waals surface area contributed by atoms with Crippen LogP contribution in [0.1, 0.15) is 11.7 Å². The molecule has 0 spiro atoms. The lowest BCUT2D eigenvalue weighted by atomic mass is 10.1. The van der Waals surface area contributed by atoms with E-state index in [0.29, 0.717) is 34.2 Å². The van der Waals surface area contributed by atoms with Crippen molar-refractivity contribution in [1.82, 2.24) is 19.4 Å². The van der Waals surface area contributed by atoms with Crippen LogP contribution in [0, 0.1) is 0 Å². The van der Waals surface area contributed by atoms with Gasteiger partial charge in [0.2, 0.25) is 5.91 Å². The summed E-state index contributed by atoms with van der Waals surface area (Å²) < 4.78 is 30.4. The monoisotopic (exact) mass is 411 g/mol. The van der Waals surface area contributed by atoms with Crippen molar-refractivity contribution in [3.05, 3.63) is 54.6 Å². The standard InChI is InChI=1S/C19H17N5O4S/c1-12(25)23-18-11-16(15-5-3-4-6-17(15)28-2)20-24(18)21-19(23)13-7-9-14(10-8-13)22-29(26)27/h3-11,22H,1-2H3,(H,26,27). The van der Waals surface area contributed by atoms with Crippen LogP contribution in [0.15, 0.2) is 54.6 Å². The fourth-order valence-corrected chi connectivity index (χ4v) is 3.44. The average Bonchev–Trinajstić information content (AvgIpc) is 3.25. The van der Waals surface area contributed by atoms with Crippen molar-refractivity contribution in [2.24, 2.45) is 0 Å². The van der Waals surface area contributed by atoms with Crippen LogP contribution in [0.25, 0.3) is 28.3 Å². The second-order valence-electron chi connectivity index (χ2n) is 6.18. The minimum absolute atomic E-state index is 0.215. The van der Waals surface area contributed by atoms with E-state index in [9.17, 15) is 9.00 Å². The van der Waals surface area contributed by atoms with E-state index in [2.05, 4.69) is 14.9 Å². The summed E-state index contributed by atoms with van der Waals surface area (Å²) in [7, 11) is 1.59. The van der Waals surface area contributed by atoms with Crippen LogP contribution < -0.4 is 9.46 Å². The zero-order valence-corrected chi connectivity index (χ0v) is 16.4. The highest BCUT2D eigenvalue weighted by Gasteiger charge is 2.20. The largest absolute Gasteiger partial charge is 0.496 e. The summed E-state index contributed by atoms with van der Waals surface area (Å²) in [6.45, 7) is 1.45. The van der Waals surface area contributed by atoms with Crippen molar-refractivity contribution in [2.75, 3.05) is 11.8 Å². The van der Waals surface area contributed by atoms with E-state index in [1.165, 1.54) is 16.1 Å². The minimum Gasteiger partial charge on any atom is -0.496 e.